The number of amides is 1. The molecule has 1 aromatic rings. The third-order valence-corrected chi connectivity index (χ3v) is 3.74. The lowest BCUT2D eigenvalue weighted by molar-refractivity contribution is -0.150. The van der Waals surface area contributed by atoms with Crippen molar-refractivity contribution in [2.24, 2.45) is 0 Å². The van der Waals surface area contributed by atoms with Gasteiger partial charge in [-0.25, -0.2) is 4.79 Å². The van der Waals surface area contributed by atoms with Crippen molar-refractivity contribution in [1.29, 1.82) is 0 Å². The van der Waals surface area contributed by atoms with Crippen molar-refractivity contribution in [3.63, 3.8) is 0 Å². The number of rotatable bonds is 7. The van der Waals surface area contributed by atoms with Crippen LogP contribution in [0, 0.1) is 0 Å². The molecular formula is C19H25NO5. The molecule has 0 saturated carbocycles. The number of carbonyl (C=O) groups is 2. The average Bonchev–Trinajstić information content (AvgIpc) is 2.92. The van der Waals surface area contributed by atoms with E-state index in [9.17, 15) is 9.59 Å². The summed E-state index contributed by atoms with van der Waals surface area (Å²) in [6.07, 6.45) is 3.04. The highest BCUT2D eigenvalue weighted by molar-refractivity contribution is 5.90. The first-order valence-corrected chi connectivity index (χ1v) is 8.57. The van der Waals surface area contributed by atoms with Crippen LogP contribution in [0.5, 0.6) is 11.5 Å². The second-order valence-electron chi connectivity index (χ2n) is 5.87. The second kappa shape index (κ2) is 8.55. The van der Waals surface area contributed by atoms with Crippen molar-refractivity contribution >= 4 is 18.0 Å². The van der Waals surface area contributed by atoms with Crippen LogP contribution in [0.2, 0.25) is 0 Å². The molecule has 1 amide bonds. The number of ether oxygens (including phenoxy) is 3. The maximum Gasteiger partial charge on any atom is 0.331 e. The summed E-state index contributed by atoms with van der Waals surface area (Å²) in [6.45, 7) is 8.26. The van der Waals surface area contributed by atoms with E-state index >= 15 is 0 Å². The quantitative estimate of drug-likeness (QED) is 0.606. The molecule has 0 spiro atoms. The highest BCUT2D eigenvalue weighted by Crippen LogP contribution is 2.35. The van der Waals surface area contributed by atoms with Crippen molar-refractivity contribution in [3.05, 3.63) is 29.3 Å². The summed E-state index contributed by atoms with van der Waals surface area (Å²) in [7, 11) is 0. The maximum absolute atomic E-state index is 11.9. The molecule has 1 aromatic carbocycles. The zero-order chi connectivity index (χ0) is 18.4. The molecule has 6 heteroatoms. The van der Waals surface area contributed by atoms with Crippen LogP contribution in [0.3, 0.4) is 0 Å². The van der Waals surface area contributed by atoms with Gasteiger partial charge in [-0.2, -0.15) is 0 Å². The monoisotopic (exact) mass is 347 g/mol. The highest BCUT2D eigenvalue weighted by atomic mass is 16.5. The van der Waals surface area contributed by atoms with E-state index in [2.05, 4.69) is 5.32 Å². The van der Waals surface area contributed by atoms with Crippen molar-refractivity contribution in [1.82, 2.24) is 5.32 Å². The molecule has 0 aromatic heterocycles. The van der Waals surface area contributed by atoms with Crippen molar-refractivity contribution < 1.29 is 23.8 Å². The van der Waals surface area contributed by atoms with Gasteiger partial charge in [0.15, 0.2) is 6.10 Å². The lowest BCUT2D eigenvalue weighted by Crippen LogP contribution is -2.35. The van der Waals surface area contributed by atoms with E-state index < -0.39 is 12.1 Å². The molecule has 0 fully saturated rings. The van der Waals surface area contributed by atoms with E-state index in [1.54, 1.807) is 13.0 Å². The first kappa shape index (κ1) is 18.8. The van der Waals surface area contributed by atoms with Gasteiger partial charge < -0.3 is 19.5 Å². The number of nitrogens with one attached hydrogen (secondary N) is 1. The minimum Gasteiger partial charge on any atom is -0.493 e. The lowest BCUT2D eigenvalue weighted by Gasteiger charge is -2.11. The predicted octanol–water partition coefficient (Wildman–Crippen LogP) is 2.49. The molecule has 1 aliphatic heterocycles. The van der Waals surface area contributed by atoms with Crippen LogP contribution in [0.15, 0.2) is 18.2 Å². The fourth-order valence-corrected chi connectivity index (χ4v) is 2.61. The predicted molar refractivity (Wildman–Crippen MR) is 94.7 cm³/mol. The highest BCUT2D eigenvalue weighted by Gasteiger charge is 2.21. The first-order chi connectivity index (χ1) is 11.9. The number of likely N-dealkylation sites (N-methyl/N-ethyl adjacent to an activating group) is 1. The van der Waals surface area contributed by atoms with Gasteiger partial charge in [0.05, 0.1) is 6.61 Å². The molecule has 2 rings (SSSR count). The van der Waals surface area contributed by atoms with Crippen LogP contribution < -0.4 is 14.8 Å². The maximum atomic E-state index is 11.9. The number of esters is 1. The number of hydrogen-bond acceptors (Lipinski definition) is 5. The van der Waals surface area contributed by atoms with Crippen LogP contribution in [0.1, 0.15) is 38.8 Å². The van der Waals surface area contributed by atoms with E-state index in [0.29, 0.717) is 18.9 Å². The summed E-state index contributed by atoms with van der Waals surface area (Å²) in [5, 5.41) is 2.61. The van der Waals surface area contributed by atoms with Crippen molar-refractivity contribution in [2.45, 2.75) is 46.3 Å². The third kappa shape index (κ3) is 4.98. The molecule has 2 atom stereocenters. The zero-order valence-corrected chi connectivity index (χ0v) is 15.1. The van der Waals surface area contributed by atoms with Gasteiger partial charge >= 0.3 is 5.97 Å². The summed E-state index contributed by atoms with van der Waals surface area (Å²) in [6, 6.07) is 3.81. The van der Waals surface area contributed by atoms with Gasteiger partial charge in [-0.15, -0.1) is 0 Å². The Morgan fingerprint density at radius 1 is 1.40 bits per heavy atom. The fourth-order valence-electron chi connectivity index (χ4n) is 2.61. The van der Waals surface area contributed by atoms with Gasteiger partial charge in [-0.3, -0.25) is 4.79 Å². The summed E-state index contributed by atoms with van der Waals surface area (Å²) in [5.74, 6) is 0.592. The van der Waals surface area contributed by atoms with E-state index in [1.165, 1.54) is 13.0 Å². The number of benzene rings is 1. The van der Waals surface area contributed by atoms with Crippen LogP contribution in [0.4, 0.5) is 0 Å². The van der Waals surface area contributed by atoms with E-state index in [-0.39, 0.29) is 12.0 Å². The Morgan fingerprint density at radius 3 is 2.84 bits per heavy atom. The molecule has 136 valence electrons. The van der Waals surface area contributed by atoms with Crippen molar-refractivity contribution in [2.75, 3.05) is 13.2 Å². The number of hydrogen-bond donors (Lipinski definition) is 1. The Hall–Kier alpha value is -2.50. The number of fused-ring (bicyclic) bond motifs is 1. The topological polar surface area (TPSA) is 73.9 Å². The summed E-state index contributed by atoms with van der Waals surface area (Å²) >= 11 is 0. The molecule has 1 aliphatic rings. The molecule has 0 saturated heterocycles. The standard InChI is InChI=1S/C19H25NO5/c1-5-20-19(22)13(4)25-18(21)8-7-14-10-17-15(9-12(3)24-17)11-16(14)23-6-2/h7-8,10-13H,5-6,9H2,1-4H3,(H,20,22)/b8-7+/t12-,13+/m1/s1. The lowest BCUT2D eigenvalue weighted by atomic mass is 10.1. The molecule has 1 N–H and O–H groups in total. The van der Waals surface area contributed by atoms with Crippen LogP contribution in [-0.2, 0) is 20.7 Å². The Morgan fingerprint density at radius 2 is 2.16 bits per heavy atom. The summed E-state index contributed by atoms with van der Waals surface area (Å²) in [4.78, 5) is 23.5. The van der Waals surface area contributed by atoms with Gasteiger partial charge in [0.25, 0.3) is 5.91 Å². The minimum absolute atomic E-state index is 0.131. The number of carbonyl (C=O) groups excluding carboxylic acids is 2. The minimum atomic E-state index is -0.840. The van der Waals surface area contributed by atoms with E-state index in [0.717, 1.165) is 23.3 Å². The molecule has 0 aliphatic carbocycles. The van der Waals surface area contributed by atoms with E-state index in [1.807, 2.05) is 26.0 Å². The summed E-state index contributed by atoms with van der Waals surface area (Å²) in [5.41, 5.74) is 1.83. The fraction of sp³-hybridized carbons (Fsp3) is 0.474. The van der Waals surface area contributed by atoms with Gasteiger partial charge in [0.1, 0.15) is 17.6 Å². The molecule has 6 nitrogen and oxygen atoms in total. The molecule has 25 heavy (non-hydrogen) atoms. The molecular weight excluding hydrogens is 322 g/mol. The van der Waals surface area contributed by atoms with Crippen LogP contribution in [-0.4, -0.2) is 37.2 Å². The van der Waals surface area contributed by atoms with Crippen molar-refractivity contribution in [3.8, 4) is 11.5 Å². The molecule has 0 radical (unpaired) electrons. The Bertz CT molecular complexity index is 668. The third-order valence-electron chi connectivity index (χ3n) is 3.74. The average molecular weight is 347 g/mol. The first-order valence-electron chi connectivity index (χ1n) is 8.57. The van der Waals surface area contributed by atoms with Gasteiger partial charge in [0, 0.05) is 30.2 Å². The van der Waals surface area contributed by atoms with Gasteiger partial charge in [-0.05, 0) is 45.9 Å². The smallest absolute Gasteiger partial charge is 0.331 e. The molecule has 0 bridgehead atoms. The van der Waals surface area contributed by atoms with E-state index in [4.69, 9.17) is 14.2 Å². The Balaban J connectivity index is 2.10. The second-order valence-corrected chi connectivity index (χ2v) is 5.87. The molecule has 0 unspecified atom stereocenters. The van der Waals surface area contributed by atoms with Crippen LogP contribution >= 0.6 is 0 Å². The summed E-state index contributed by atoms with van der Waals surface area (Å²) < 4.78 is 16.5. The van der Waals surface area contributed by atoms with Crippen LogP contribution in [0.25, 0.3) is 6.08 Å². The zero-order valence-electron chi connectivity index (χ0n) is 15.1. The van der Waals surface area contributed by atoms with Gasteiger partial charge in [-0.1, -0.05) is 0 Å². The Kier molecular flexibility index (Phi) is 6.44. The Labute approximate surface area is 148 Å². The largest absolute Gasteiger partial charge is 0.493 e. The molecule has 1 heterocycles. The normalized spacial score (nSPS) is 16.9. The SMILES string of the molecule is CCNC(=O)[C@H](C)OC(=O)/C=C/c1cc2c(cc1OCC)C[C@@H](C)O2. The van der Waals surface area contributed by atoms with Gasteiger partial charge in [0.2, 0.25) is 0 Å².